The van der Waals surface area contributed by atoms with Gasteiger partial charge >= 0.3 is 0 Å². The van der Waals surface area contributed by atoms with Gasteiger partial charge in [-0.05, 0) is 18.9 Å². The van der Waals surface area contributed by atoms with Gasteiger partial charge in [0.1, 0.15) is 6.04 Å². The number of amides is 3. The Labute approximate surface area is 101 Å². The zero-order valence-electron chi connectivity index (χ0n) is 10.2. The fourth-order valence-corrected chi connectivity index (χ4v) is 1.63. The van der Waals surface area contributed by atoms with Crippen LogP contribution in [0.4, 0.5) is 0 Å². The number of likely N-dealkylation sites (N-methyl/N-ethyl adjacent to an activating group) is 1. The predicted molar refractivity (Wildman–Crippen MR) is 61.8 cm³/mol. The highest BCUT2D eigenvalue weighted by molar-refractivity contribution is 6.06. The van der Waals surface area contributed by atoms with Gasteiger partial charge in [0.2, 0.25) is 11.8 Å². The van der Waals surface area contributed by atoms with Gasteiger partial charge in [-0.1, -0.05) is 6.92 Å². The minimum Gasteiger partial charge on any atom is -0.344 e. The average Bonchev–Trinajstić information content (AvgIpc) is 2.54. The van der Waals surface area contributed by atoms with Crippen molar-refractivity contribution in [1.29, 1.82) is 0 Å². The summed E-state index contributed by atoms with van der Waals surface area (Å²) in [4.78, 5) is 35.3. The zero-order valence-corrected chi connectivity index (χ0v) is 10.2. The van der Waals surface area contributed by atoms with Gasteiger partial charge in [0.25, 0.3) is 5.91 Å². The van der Waals surface area contributed by atoms with Gasteiger partial charge < -0.3 is 11.1 Å². The van der Waals surface area contributed by atoms with Gasteiger partial charge in [0.05, 0.1) is 6.42 Å². The molecule has 1 heterocycles. The fraction of sp³-hybridized carbons (Fsp3) is 0.727. The van der Waals surface area contributed by atoms with E-state index in [4.69, 9.17) is 5.73 Å². The van der Waals surface area contributed by atoms with Crippen molar-refractivity contribution >= 4 is 17.7 Å². The molecule has 0 spiro atoms. The van der Waals surface area contributed by atoms with Crippen molar-refractivity contribution < 1.29 is 14.4 Å². The minimum atomic E-state index is -0.687. The quantitative estimate of drug-likeness (QED) is 0.618. The number of nitrogens with zero attached hydrogens (tertiary/aromatic N) is 1. The maximum atomic E-state index is 11.5. The lowest BCUT2D eigenvalue weighted by Crippen LogP contribution is -2.40. The Bertz CT molecular complexity index is 330. The molecule has 2 unspecified atom stereocenters. The van der Waals surface area contributed by atoms with E-state index in [0.717, 1.165) is 4.90 Å². The van der Waals surface area contributed by atoms with Crippen LogP contribution in [-0.2, 0) is 14.4 Å². The summed E-state index contributed by atoms with van der Waals surface area (Å²) in [6.45, 7) is 2.50. The van der Waals surface area contributed by atoms with Gasteiger partial charge in [0, 0.05) is 13.5 Å². The number of imide groups is 1. The van der Waals surface area contributed by atoms with Crippen LogP contribution in [0.15, 0.2) is 0 Å². The van der Waals surface area contributed by atoms with Gasteiger partial charge in [0.15, 0.2) is 0 Å². The predicted octanol–water partition coefficient (Wildman–Crippen LogP) is -0.765. The zero-order chi connectivity index (χ0) is 13.0. The first kappa shape index (κ1) is 13.6. The first-order valence-electron chi connectivity index (χ1n) is 5.75. The van der Waals surface area contributed by atoms with Crippen molar-refractivity contribution in [2.75, 3.05) is 13.6 Å². The lowest BCUT2D eigenvalue weighted by atomic mass is 10.1. The highest BCUT2D eigenvalue weighted by atomic mass is 16.2. The van der Waals surface area contributed by atoms with E-state index in [0.29, 0.717) is 19.4 Å². The standard InChI is InChI=1S/C11H19N3O3/c1-7(6-12)3-4-9(15)13-8-5-10(16)14(2)11(8)17/h7-8H,3-6,12H2,1-2H3,(H,13,15). The molecule has 1 aliphatic rings. The normalized spacial score (nSPS) is 21.8. The van der Waals surface area contributed by atoms with E-state index in [1.165, 1.54) is 7.05 Å². The lowest BCUT2D eigenvalue weighted by molar-refractivity contribution is -0.138. The first-order valence-corrected chi connectivity index (χ1v) is 5.75. The average molecular weight is 241 g/mol. The van der Waals surface area contributed by atoms with E-state index in [2.05, 4.69) is 5.32 Å². The van der Waals surface area contributed by atoms with Crippen LogP contribution in [0.5, 0.6) is 0 Å². The second-order valence-electron chi connectivity index (χ2n) is 4.49. The molecule has 17 heavy (non-hydrogen) atoms. The van der Waals surface area contributed by atoms with Gasteiger partial charge in [-0.15, -0.1) is 0 Å². The summed E-state index contributed by atoms with van der Waals surface area (Å²) in [6, 6.07) is -0.687. The van der Waals surface area contributed by atoms with Crippen molar-refractivity contribution in [2.24, 2.45) is 11.7 Å². The van der Waals surface area contributed by atoms with Crippen LogP contribution in [0.25, 0.3) is 0 Å². The SMILES string of the molecule is CC(CN)CCC(=O)NC1CC(=O)N(C)C1=O. The van der Waals surface area contributed by atoms with Crippen molar-refractivity contribution in [1.82, 2.24) is 10.2 Å². The molecular formula is C11H19N3O3. The molecule has 2 atom stereocenters. The molecule has 1 aliphatic heterocycles. The molecule has 0 bridgehead atoms. The van der Waals surface area contributed by atoms with Crippen LogP contribution < -0.4 is 11.1 Å². The Morgan fingerprint density at radius 3 is 2.71 bits per heavy atom. The van der Waals surface area contributed by atoms with E-state index in [1.807, 2.05) is 6.92 Å². The lowest BCUT2D eigenvalue weighted by Gasteiger charge is -2.12. The summed E-state index contributed by atoms with van der Waals surface area (Å²) in [6.07, 6.45) is 1.08. The third kappa shape index (κ3) is 3.52. The van der Waals surface area contributed by atoms with Crippen LogP contribution in [0.3, 0.4) is 0 Å². The number of carbonyl (C=O) groups is 3. The number of nitrogens with one attached hydrogen (secondary N) is 1. The molecule has 1 fully saturated rings. The van der Waals surface area contributed by atoms with Crippen LogP contribution in [0.1, 0.15) is 26.2 Å². The highest BCUT2D eigenvalue weighted by Gasteiger charge is 2.36. The topological polar surface area (TPSA) is 92.5 Å². The van der Waals surface area contributed by atoms with Gasteiger partial charge in [-0.2, -0.15) is 0 Å². The summed E-state index contributed by atoms with van der Waals surface area (Å²) in [5, 5.41) is 2.58. The number of hydrogen-bond donors (Lipinski definition) is 2. The second kappa shape index (κ2) is 5.77. The summed E-state index contributed by atoms with van der Waals surface area (Å²) >= 11 is 0. The first-order chi connectivity index (χ1) is 7.95. The molecule has 0 radical (unpaired) electrons. The molecular weight excluding hydrogens is 222 g/mol. The van der Waals surface area contributed by atoms with Crippen molar-refractivity contribution in [3.05, 3.63) is 0 Å². The molecule has 1 rings (SSSR count). The Morgan fingerprint density at radius 2 is 2.24 bits per heavy atom. The van der Waals surface area contributed by atoms with E-state index in [9.17, 15) is 14.4 Å². The number of nitrogens with two attached hydrogens (primary N) is 1. The summed E-state index contributed by atoms with van der Waals surface area (Å²) in [7, 11) is 1.42. The third-order valence-corrected chi connectivity index (χ3v) is 2.98. The fourth-order valence-electron chi connectivity index (χ4n) is 1.63. The largest absolute Gasteiger partial charge is 0.344 e. The number of likely N-dealkylation sites (tertiary alicyclic amines) is 1. The van der Waals surface area contributed by atoms with E-state index in [1.54, 1.807) is 0 Å². The number of rotatable bonds is 5. The number of hydrogen-bond acceptors (Lipinski definition) is 4. The summed E-state index contributed by atoms with van der Waals surface area (Å²) in [5.41, 5.74) is 5.44. The van der Waals surface area contributed by atoms with Crippen LogP contribution in [-0.4, -0.2) is 42.3 Å². The maximum Gasteiger partial charge on any atom is 0.252 e. The second-order valence-corrected chi connectivity index (χ2v) is 4.49. The van der Waals surface area contributed by atoms with Crippen molar-refractivity contribution in [2.45, 2.75) is 32.2 Å². The van der Waals surface area contributed by atoms with Crippen LogP contribution >= 0.6 is 0 Å². The third-order valence-electron chi connectivity index (χ3n) is 2.98. The van der Waals surface area contributed by atoms with Crippen LogP contribution in [0.2, 0.25) is 0 Å². The van der Waals surface area contributed by atoms with E-state index in [-0.39, 0.29) is 30.1 Å². The monoisotopic (exact) mass is 241 g/mol. The molecule has 96 valence electrons. The maximum absolute atomic E-state index is 11.5. The molecule has 3 amide bonds. The molecule has 1 saturated heterocycles. The minimum absolute atomic E-state index is 0.0630. The molecule has 0 aliphatic carbocycles. The Balaban J connectivity index is 2.37. The molecule has 0 aromatic carbocycles. The summed E-state index contributed by atoms with van der Waals surface area (Å²) < 4.78 is 0. The van der Waals surface area contributed by atoms with Crippen molar-refractivity contribution in [3.8, 4) is 0 Å². The molecule has 6 heteroatoms. The molecule has 0 saturated carbocycles. The van der Waals surface area contributed by atoms with E-state index >= 15 is 0 Å². The smallest absolute Gasteiger partial charge is 0.252 e. The molecule has 0 aromatic heterocycles. The Hall–Kier alpha value is -1.43. The molecule has 3 N–H and O–H groups in total. The number of carbonyl (C=O) groups excluding carboxylic acids is 3. The van der Waals surface area contributed by atoms with Crippen molar-refractivity contribution in [3.63, 3.8) is 0 Å². The van der Waals surface area contributed by atoms with Crippen LogP contribution in [0, 0.1) is 5.92 Å². The Morgan fingerprint density at radius 1 is 1.59 bits per heavy atom. The van der Waals surface area contributed by atoms with Gasteiger partial charge in [-0.25, -0.2) is 0 Å². The molecule has 6 nitrogen and oxygen atoms in total. The summed E-state index contributed by atoms with van der Waals surface area (Å²) in [5.74, 6) is -0.512. The highest BCUT2D eigenvalue weighted by Crippen LogP contribution is 2.11. The van der Waals surface area contributed by atoms with Gasteiger partial charge in [-0.3, -0.25) is 19.3 Å². The van der Waals surface area contributed by atoms with E-state index < -0.39 is 6.04 Å². The molecule has 0 aromatic rings. The Kier molecular flexibility index (Phi) is 4.62.